The molecular formula is C22H27N3O4. The van der Waals surface area contributed by atoms with Crippen LogP contribution >= 0.6 is 0 Å². The second-order valence-electron chi connectivity index (χ2n) is 6.87. The van der Waals surface area contributed by atoms with E-state index in [9.17, 15) is 9.59 Å². The molecule has 0 saturated heterocycles. The molecule has 0 bridgehead atoms. The van der Waals surface area contributed by atoms with Crippen molar-refractivity contribution in [1.82, 2.24) is 10.3 Å². The van der Waals surface area contributed by atoms with Crippen molar-refractivity contribution in [3.8, 4) is 11.5 Å². The number of hydrogen-bond acceptors (Lipinski definition) is 5. The maximum absolute atomic E-state index is 12.0. The number of rotatable bonds is 8. The molecule has 29 heavy (non-hydrogen) atoms. The monoisotopic (exact) mass is 397 g/mol. The minimum atomic E-state index is -0.343. The highest BCUT2D eigenvalue weighted by molar-refractivity contribution is 5.99. The molecule has 0 aliphatic carbocycles. The molecule has 0 saturated carbocycles. The minimum absolute atomic E-state index is 0.0179. The Bertz CT molecular complexity index is 889. The highest BCUT2D eigenvalue weighted by Crippen LogP contribution is 2.16. The fourth-order valence-corrected chi connectivity index (χ4v) is 2.26. The van der Waals surface area contributed by atoms with Gasteiger partial charge in [0.25, 0.3) is 11.8 Å². The van der Waals surface area contributed by atoms with Crippen LogP contribution in [0.2, 0.25) is 0 Å². The summed E-state index contributed by atoms with van der Waals surface area (Å²) in [5, 5.41) is 4.10. The second-order valence-corrected chi connectivity index (χ2v) is 6.87. The summed E-state index contributed by atoms with van der Waals surface area (Å²) in [7, 11) is 3.35. The van der Waals surface area contributed by atoms with Gasteiger partial charge in [0.2, 0.25) is 0 Å². The first-order chi connectivity index (χ1) is 13.8. The predicted octanol–water partition coefficient (Wildman–Crippen LogP) is 2.69. The number of carbonyl (C=O) groups excluding carboxylic acids is 2. The topological polar surface area (TPSA) is 80.2 Å². The first kappa shape index (κ1) is 21.9. The number of ether oxygens (including phenoxy) is 2. The normalized spacial score (nSPS) is 11.0. The molecule has 0 aliphatic heterocycles. The van der Waals surface area contributed by atoms with Gasteiger partial charge in [0.15, 0.2) is 13.2 Å². The zero-order valence-corrected chi connectivity index (χ0v) is 17.5. The maximum Gasteiger partial charge on any atom is 0.277 e. The van der Waals surface area contributed by atoms with E-state index in [-0.39, 0.29) is 25.0 Å². The molecule has 0 heterocycles. The first-order valence-corrected chi connectivity index (χ1v) is 9.23. The van der Waals surface area contributed by atoms with Crippen molar-refractivity contribution in [2.24, 2.45) is 5.10 Å². The molecule has 0 aliphatic rings. The van der Waals surface area contributed by atoms with Crippen LogP contribution in [0.1, 0.15) is 23.6 Å². The quantitative estimate of drug-likeness (QED) is 0.549. The Morgan fingerprint density at radius 2 is 1.55 bits per heavy atom. The van der Waals surface area contributed by atoms with Crippen LogP contribution in [0.5, 0.6) is 11.5 Å². The van der Waals surface area contributed by atoms with Gasteiger partial charge in [-0.25, -0.2) is 5.43 Å². The zero-order valence-electron chi connectivity index (χ0n) is 17.5. The number of nitrogens with one attached hydrogen (secondary N) is 1. The molecule has 2 rings (SSSR count). The predicted molar refractivity (Wildman–Crippen MR) is 112 cm³/mol. The first-order valence-electron chi connectivity index (χ1n) is 9.23. The third-order valence-corrected chi connectivity index (χ3v) is 4.33. The fourth-order valence-electron chi connectivity index (χ4n) is 2.26. The van der Waals surface area contributed by atoms with Crippen LogP contribution in [0.15, 0.2) is 47.6 Å². The highest BCUT2D eigenvalue weighted by atomic mass is 16.5. The van der Waals surface area contributed by atoms with Crippen LogP contribution in [0.3, 0.4) is 0 Å². The van der Waals surface area contributed by atoms with E-state index in [1.807, 2.05) is 44.2 Å². The molecule has 7 nitrogen and oxygen atoms in total. The van der Waals surface area contributed by atoms with Crippen LogP contribution < -0.4 is 14.9 Å². The Hall–Kier alpha value is -3.35. The van der Waals surface area contributed by atoms with E-state index in [1.165, 1.54) is 10.5 Å². The molecule has 0 spiro atoms. The Morgan fingerprint density at radius 1 is 0.931 bits per heavy atom. The Kier molecular flexibility index (Phi) is 7.77. The molecular weight excluding hydrogens is 370 g/mol. The molecule has 2 aromatic rings. The van der Waals surface area contributed by atoms with Gasteiger partial charge in [-0.3, -0.25) is 9.59 Å². The van der Waals surface area contributed by atoms with E-state index in [0.717, 1.165) is 11.1 Å². The number of carbonyl (C=O) groups is 2. The second kappa shape index (κ2) is 10.3. The lowest BCUT2D eigenvalue weighted by atomic mass is 10.1. The lowest BCUT2D eigenvalue weighted by molar-refractivity contribution is -0.130. The van der Waals surface area contributed by atoms with Gasteiger partial charge in [-0.05, 0) is 73.9 Å². The third-order valence-electron chi connectivity index (χ3n) is 4.33. The average molecular weight is 397 g/mol. The summed E-state index contributed by atoms with van der Waals surface area (Å²) in [6.07, 6.45) is 0. The summed E-state index contributed by atoms with van der Waals surface area (Å²) >= 11 is 0. The van der Waals surface area contributed by atoms with Gasteiger partial charge in [0, 0.05) is 14.1 Å². The van der Waals surface area contributed by atoms with Crippen LogP contribution in [0, 0.1) is 13.8 Å². The van der Waals surface area contributed by atoms with E-state index < -0.39 is 0 Å². The fraction of sp³-hybridized carbons (Fsp3) is 0.318. The van der Waals surface area contributed by atoms with Crippen LogP contribution in [-0.2, 0) is 9.59 Å². The van der Waals surface area contributed by atoms with E-state index in [0.29, 0.717) is 17.2 Å². The van der Waals surface area contributed by atoms with Crippen LogP contribution in [-0.4, -0.2) is 49.7 Å². The number of aryl methyl sites for hydroxylation is 2. The summed E-state index contributed by atoms with van der Waals surface area (Å²) in [6.45, 7) is 5.66. The number of amides is 2. The average Bonchev–Trinajstić information content (AvgIpc) is 2.71. The molecule has 0 unspecified atom stereocenters. The molecule has 0 aromatic heterocycles. The van der Waals surface area contributed by atoms with Gasteiger partial charge in [-0.2, -0.15) is 5.10 Å². The van der Waals surface area contributed by atoms with Gasteiger partial charge in [-0.1, -0.05) is 6.07 Å². The van der Waals surface area contributed by atoms with Crippen molar-refractivity contribution in [2.75, 3.05) is 27.3 Å². The number of benzene rings is 2. The van der Waals surface area contributed by atoms with Gasteiger partial charge in [0.05, 0.1) is 5.71 Å². The lowest BCUT2D eigenvalue weighted by Gasteiger charge is -2.11. The third kappa shape index (κ3) is 6.95. The highest BCUT2D eigenvalue weighted by Gasteiger charge is 2.06. The Morgan fingerprint density at radius 3 is 2.17 bits per heavy atom. The Balaban J connectivity index is 1.84. The van der Waals surface area contributed by atoms with Crippen LogP contribution in [0.4, 0.5) is 0 Å². The molecule has 2 amide bonds. The SMILES string of the molecule is C/C(=N/NC(=O)COc1ccc(C)c(C)c1)c1ccc(OCC(=O)N(C)C)cc1. The number of hydrogen-bond donors (Lipinski definition) is 1. The summed E-state index contributed by atoms with van der Waals surface area (Å²) in [4.78, 5) is 25.0. The molecule has 154 valence electrons. The van der Waals surface area contributed by atoms with Crippen molar-refractivity contribution in [2.45, 2.75) is 20.8 Å². The summed E-state index contributed by atoms with van der Waals surface area (Å²) in [5.74, 6) is 0.775. The smallest absolute Gasteiger partial charge is 0.277 e. The number of hydrazone groups is 1. The van der Waals surface area contributed by atoms with Gasteiger partial charge >= 0.3 is 0 Å². The minimum Gasteiger partial charge on any atom is -0.484 e. The number of likely N-dealkylation sites (N-methyl/N-ethyl adjacent to an activating group) is 1. The van der Waals surface area contributed by atoms with Crippen LogP contribution in [0.25, 0.3) is 0 Å². The van der Waals surface area contributed by atoms with E-state index >= 15 is 0 Å². The molecule has 0 radical (unpaired) electrons. The van der Waals surface area contributed by atoms with Gasteiger partial charge in [-0.15, -0.1) is 0 Å². The molecule has 1 N–H and O–H groups in total. The Labute approximate surface area is 171 Å². The van der Waals surface area contributed by atoms with Gasteiger partial charge < -0.3 is 14.4 Å². The van der Waals surface area contributed by atoms with Gasteiger partial charge in [0.1, 0.15) is 11.5 Å². The largest absolute Gasteiger partial charge is 0.484 e. The zero-order chi connectivity index (χ0) is 21.4. The lowest BCUT2D eigenvalue weighted by Crippen LogP contribution is -2.27. The standard InChI is InChI=1S/C22H27N3O4/c1-15-6-9-20(12-16(15)2)28-13-21(26)24-23-17(3)18-7-10-19(11-8-18)29-14-22(27)25(4)5/h6-12H,13-14H2,1-5H3,(H,24,26)/b23-17-. The van der Waals surface area contributed by atoms with E-state index in [1.54, 1.807) is 33.2 Å². The maximum atomic E-state index is 12.0. The van der Waals surface area contributed by atoms with Crippen molar-refractivity contribution >= 4 is 17.5 Å². The van der Waals surface area contributed by atoms with E-state index in [2.05, 4.69) is 10.5 Å². The van der Waals surface area contributed by atoms with E-state index in [4.69, 9.17) is 9.47 Å². The summed E-state index contributed by atoms with van der Waals surface area (Å²) < 4.78 is 10.9. The molecule has 2 aromatic carbocycles. The molecule has 0 fully saturated rings. The van der Waals surface area contributed by atoms with Crippen molar-refractivity contribution < 1.29 is 19.1 Å². The van der Waals surface area contributed by atoms with Crippen molar-refractivity contribution in [1.29, 1.82) is 0 Å². The van der Waals surface area contributed by atoms with Crippen molar-refractivity contribution in [3.63, 3.8) is 0 Å². The number of nitrogens with zero attached hydrogens (tertiary/aromatic N) is 2. The summed E-state index contributed by atoms with van der Waals surface area (Å²) in [6, 6.07) is 12.8. The summed E-state index contributed by atoms with van der Waals surface area (Å²) in [5.41, 5.74) is 6.23. The molecule has 7 heteroatoms. The molecule has 0 atom stereocenters. The van der Waals surface area contributed by atoms with Crippen molar-refractivity contribution in [3.05, 3.63) is 59.2 Å².